The Hall–Kier alpha value is -1.52. The van der Waals surface area contributed by atoms with Crippen molar-refractivity contribution in [2.24, 2.45) is 0 Å². The smallest absolute Gasteiger partial charge is 0.323 e. The van der Waals surface area contributed by atoms with Gasteiger partial charge >= 0.3 is 7.60 Å². The predicted octanol–water partition coefficient (Wildman–Crippen LogP) is 3.14. The maximum Gasteiger partial charge on any atom is 0.346 e. The Kier molecular flexibility index (Phi) is 5.48. The molecule has 0 radical (unpaired) electrons. The number of hydrogen-bond donors (Lipinski definition) is 3. The molecule has 0 bridgehead atoms. The molecule has 0 heterocycles. The second-order valence-electron chi connectivity index (χ2n) is 5.18. The Morgan fingerprint density at radius 2 is 1.91 bits per heavy atom. The molecule has 3 N–H and O–H groups in total. The van der Waals surface area contributed by atoms with Crippen molar-refractivity contribution in [3.63, 3.8) is 0 Å². The lowest BCUT2D eigenvalue weighted by Crippen LogP contribution is -2.24. The Balaban J connectivity index is 2.09. The summed E-state index contributed by atoms with van der Waals surface area (Å²) in [5, 5.41) is 2.85. The summed E-state index contributed by atoms with van der Waals surface area (Å²) in [5.41, 5.74) is 2.49. The van der Waals surface area contributed by atoms with E-state index in [0.717, 1.165) is 17.2 Å². The summed E-state index contributed by atoms with van der Waals surface area (Å²) in [6, 6.07) is 13.2. The van der Waals surface area contributed by atoms with E-state index in [-0.39, 0.29) is 5.56 Å². The van der Waals surface area contributed by atoms with Gasteiger partial charge in [0.15, 0.2) is 0 Å². The van der Waals surface area contributed by atoms with Crippen LogP contribution in [-0.2, 0) is 11.0 Å². The number of nitrogens with one attached hydrogen (secondary N) is 1. The average Bonchev–Trinajstić information content (AvgIpc) is 2.44. The summed E-state index contributed by atoms with van der Waals surface area (Å²) in [5.74, 6) is -1.72. The molecule has 0 saturated carbocycles. The van der Waals surface area contributed by atoms with Crippen molar-refractivity contribution in [2.45, 2.75) is 19.1 Å². The van der Waals surface area contributed by atoms with E-state index < -0.39 is 19.2 Å². The standard InChI is InChI=1S/C16H19FNO3P/c1-12-5-2-3-6-13(12)9-10-18-16(22(19,20)21)14-7-4-8-15(17)11-14/h2-8,11,16,18H,9-10H2,1H3,(H2,19,20,21)/t16-/m1/s1. The van der Waals surface area contributed by atoms with Crippen molar-refractivity contribution in [3.8, 4) is 0 Å². The van der Waals surface area contributed by atoms with Crippen LogP contribution in [0.3, 0.4) is 0 Å². The van der Waals surface area contributed by atoms with Gasteiger partial charge in [0, 0.05) is 6.54 Å². The van der Waals surface area contributed by atoms with Crippen LogP contribution >= 0.6 is 7.60 Å². The minimum atomic E-state index is -4.43. The summed E-state index contributed by atoms with van der Waals surface area (Å²) in [6.45, 7) is 2.37. The highest BCUT2D eigenvalue weighted by atomic mass is 31.2. The quantitative estimate of drug-likeness (QED) is 0.714. The zero-order valence-electron chi connectivity index (χ0n) is 12.2. The third-order valence-corrected chi connectivity index (χ3v) is 4.65. The number of rotatable bonds is 6. The number of aryl methyl sites for hydroxylation is 1. The van der Waals surface area contributed by atoms with E-state index in [9.17, 15) is 18.7 Å². The second-order valence-corrected chi connectivity index (χ2v) is 6.87. The van der Waals surface area contributed by atoms with Crippen molar-refractivity contribution in [1.82, 2.24) is 5.32 Å². The molecule has 6 heteroatoms. The fraction of sp³-hybridized carbons (Fsp3) is 0.250. The van der Waals surface area contributed by atoms with E-state index in [0.29, 0.717) is 13.0 Å². The highest BCUT2D eigenvalue weighted by Crippen LogP contribution is 2.49. The van der Waals surface area contributed by atoms with Gasteiger partial charge in [-0.1, -0.05) is 36.4 Å². The van der Waals surface area contributed by atoms with E-state index in [1.807, 2.05) is 31.2 Å². The number of halogens is 1. The highest BCUT2D eigenvalue weighted by molar-refractivity contribution is 7.52. The summed E-state index contributed by atoms with van der Waals surface area (Å²) in [7, 11) is -4.43. The predicted molar refractivity (Wildman–Crippen MR) is 84.1 cm³/mol. The molecule has 0 aliphatic rings. The van der Waals surface area contributed by atoms with Crippen molar-refractivity contribution < 1.29 is 18.7 Å². The van der Waals surface area contributed by atoms with Crippen LogP contribution in [0.5, 0.6) is 0 Å². The van der Waals surface area contributed by atoms with Crippen molar-refractivity contribution in [1.29, 1.82) is 0 Å². The summed E-state index contributed by atoms with van der Waals surface area (Å²) < 4.78 is 24.9. The maximum absolute atomic E-state index is 13.3. The Morgan fingerprint density at radius 1 is 1.18 bits per heavy atom. The van der Waals surface area contributed by atoms with Crippen LogP contribution in [0.25, 0.3) is 0 Å². The fourth-order valence-corrected chi connectivity index (χ4v) is 3.26. The van der Waals surface area contributed by atoms with Crippen molar-refractivity contribution in [3.05, 3.63) is 71.0 Å². The normalized spacial score (nSPS) is 13.1. The first-order valence-corrected chi connectivity index (χ1v) is 8.64. The minimum Gasteiger partial charge on any atom is -0.323 e. The van der Waals surface area contributed by atoms with E-state index in [2.05, 4.69) is 5.32 Å². The maximum atomic E-state index is 13.3. The van der Waals surface area contributed by atoms with Gasteiger partial charge in [0.1, 0.15) is 11.6 Å². The zero-order valence-corrected chi connectivity index (χ0v) is 13.1. The van der Waals surface area contributed by atoms with Crippen LogP contribution in [0.1, 0.15) is 22.5 Å². The van der Waals surface area contributed by atoms with Gasteiger partial charge < -0.3 is 9.79 Å². The third kappa shape index (κ3) is 4.49. The molecule has 0 aromatic heterocycles. The molecule has 0 unspecified atom stereocenters. The molecule has 0 aliphatic carbocycles. The van der Waals surface area contributed by atoms with E-state index in [4.69, 9.17) is 0 Å². The lowest BCUT2D eigenvalue weighted by molar-refractivity contribution is 0.348. The van der Waals surface area contributed by atoms with E-state index in [1.54, 1.807) is 0 Å². The Bertz CT molecular complexity index is 687. The van der Waals surface area contributed by atoms with Gasteiger partial charge in [0.2, 0.25) is 0 Å². The first kappa shape index (κ1) is 16.8. The molecule has 4 nitrogen and oxygen atoms in total. The molecular weight excluding hydrogens is 304 g/mol. The molecule has 1 atom stereocenters. The molecule has 0 saturated heterocycles. The van der Waals surface area contributed by atoms with Crippen LogP contribution in [0, 0.1) is 12.7 Å². The van der Waals surface area contributed by atoms with Crippen molar-refractivity contribution >= 4 is 7.60 Å². The molecule has 0 spiro atoms. The molecule has 0 amide bonds. The van der Waals surface area contributed by atoms with Crippen LogP contribution < -0.4 is 5.32 Å². The monoisotopic (exact) mass is 323 g/mol. The van der Waals surface area contributed by atoms with Gasteiger partial charge in [-0.15, -0.1) is 0 Å². The average molecular weight is 323 g/mol. The number of hydrogen-bond acceptors (Lipinski definition) is 2. The highest BCUT2D eigenvalue weighted by Gasteiger charge is 2.30. The lowest BCUT2D eigenvalue weighted by Gasteiger charge is -2.20. The largest absolute Gasteiger partial charge is 0.346 e. The van der Waals surface area contributed by atoms with E-state index in [1.165, 1.54) is 18.2 Å². The van der Waals surface area contributed by atoms with Crippen LogP contribution in [-0.4, -0.2) is 16.3 Å². The van der Waals surface area contributed by atoms with Crippen LogP contribution in [0.2, 0.25) is 0 Å². The third-order valence-electron chi connectivity index (χ3n) is 3.49. The number of benzene rings is 2. The molecule has 22 heavy (non-hydrogen) atoms. The topological polar surface area (TPSA) is 69.6 Å². The molecule has 2 rings (SSSR count). The SMILES string of the molecule is Cc1ccccc1CCN[C@@H](c1cccc(F)c1)P(=O)(O)O. The first-order chi connectivity index (χ1) is 10.4. The second kappa shape index (κ2) is 7.16. The van der Waals surface area contributed by atoms with Crippen molar-refractivity contribution in [2.75, 3.05) is 6.54 Å². The molecule has 2 aromatic carbocycles. The van der Waals surface area contributed by atoms with Crippen LogP contribution in [0.15, 0.2) is 48.5 Å². The summed E-state index contributed by atoms with van der Waals surface area (Å²) in [4.78, 5) is 19.0. The van der Waals surface area contributed by atoms with Gasteiger partial charge in [-0.3, -0.25) is 9.88 Å². The summed E-state index contributed by atoms with van der Waals surface area (Å²) >= 11 is 0. The summed E-state index contributed by atoms with van der Waals surface area (Å²) in [6.07, 6.45) is 0.637. The van der Waals surface area contributed by atoms with Gasteiger partial charge in [-0.25, -0.2) is 4.39 Å². The minimum absolute atomic E-state index is 0.248. The molecule has 0 aliphatic heterocycles. The van der Waals surface area contributed by atoms with Gasteiger partial charge in [0.25, 0.3) is 0 Å². The molecule has 0 fully saturated rings. The Labute approximate surface area is 129 Å². The lowest BCUT2D eigenvalue weighted by atomic mass is 10.1. The van der Waals surface area contributed by atoms with Gasteiger partial charge in [0.05, 0.1) is 0 Å². The van der Waals surface area contributed by atoms with E-state index >= 15 is 0 Å². The molecular formula is C16H19FNO3P. The Morgan fingerprint density at radius 3 is 2.55 bits per heavy atom. The van der Waals surface area contributed by atoms with Crippen LogP contribution in [0.4, 0.5) is 4.39 Å². The molecule has 2 aromatic rings. The first-order valence-electron chi connectivity index (χ1n) is 6.96. The zero-order chi connectivity index (χ0) is 16.2. The van der Waals surface area contributed by atoms with Gasteiger partial charge in [-0.2, -0.15) is 0 Å². The molecule has 118 valence electrons. The van der Waals surface area contributed by atoms with Gasteiger partial charge in [-0.05, 0) is 42.2 Å². The fourth-order valence-electron chi connectivity index (χ4n) is 2.34.